The number of amides is 1. The van der Waals surface area contributed by atoms with Crippen LogP contribution in [0.25, 0.3) is 0 Å². The fourth-order valence-corrected chi connectivity index (χ4v) is 3.41. The number of anilines is 1. The molecule has 0 saturated carbocycles. The average Bonchev–Trinajstić information content (AvgIpc) is 3.23. The van der Waals surface area contributed by atoms with Crippen LogP contribution in [0.15, 0.2) is 18.6 Å². The second-order valence-corrected chi connectivity index (χ2v) is 8.21. The van der Waals surface area contributed by atoms with Crippen molar-refractivity contribution in [2.45, 2.75) is 32.7 Å². The first-order chi connectivity index (χ1) is 11.9. The smallest absolute Gasteiger partial charge is 0.267 e. The summed E-state index contributed by atoms with van der Waals surface area (Å²) in [4.78, 5) is 19.7. The normalized spacial score (nSPS) is 16.1. The monoisotopic (exact) mass is 363 g/mol. The number of morpholine rings is 1. The Morgan fingerprint density at radius 3 is 2.72 bits per heavy atom. The lowest BCUT2D eigenvalue weighted by molar-refractivity contribution is 0.0360. The zero-order valence-corrected chi connectivity index (χ0v) is 15.8. The van der Waals surface area contributed by atoms with Crippen molar-refractivity contribution in [1.82, 2.24) is 19.7 Å². The highest BCUT2D eigenvalue weighted by Gasteiger charge is 2.20. The molecule has 0 aliphatic carbocycles. The van der Waals surface area contributed by atoms with Crippen molar-refractivity contribution in [1.29, 1.82) is 0 Å². The molecule has 3 heterocycles. The lowest BCUT2D eigenvalue weighted by Crippen LogP contribution is -2.38. The number of aromatic nitrogens is 3. The van der Waals surface area contributed by atoms with Crippen molar-refractivity contribution in [3.05, 3.63) is 28.5 Å². The molecular formula is C17H25N5O2S. The number of thiazole rings is 1. The molecule has 2 aromatic heterocycles. The second-order valence-electron chi connectivity index (χ2n) is 7.18. The van der Waals surface area contributed by atoms with E-state index in [0.29, 0.717) is 10.6 Å². The van der Waals surface area contributed by atoms with Crippen LogP contribution in [0.4, 0.5) is 5.69 Å². The Morgan fingerprint density at radius 1 is 1.28 bits per heavy atom. The summed E-state index contributed by atoms with van der Waals surface area (Å²) in [7, 11) is 0. The van der Waals surface area contributed by atoms with Crippen molar-refractivity contribution in [2.24, 2.45) is 0 Å². The maximum Gasteiger partial charge on any atom is 0.267 e. The van der Waals surface area contributed by atoms with Crippen molar-refractivity contribution < 1.29 is 9.53 Å². The van der Waals surface area contributed by atoms with E-state index >= 15 is 0 Å². The predicted octanol–water partition coefficient (Wildman–Crippen LogP) is 2.22. The van der Waals surface area contributed by atoms with Gasteiger partial charge in [0.15, 0.2) is 0 Å². The average molecular weight is 363 g/mol. The molecule has 8 heteroatoms. The molecule has 25 heavy (non-hydrogen) atoms. The highest BCUT2D eigenvalue weighted by Crippen LogP contribution is 2.27. The first-order valence-electron chi connectivity index (χ1n) is 8.52. The SMILES string of the molecule is CC(C)(C)c1ncc(C(=O)Nc2cnn(CCN3CCOCC3)c2)s1. The van der Waals surface area contributed by atoms with Gasteiger partial charge in [0.1, 0.15) is 4.88 Å². The van der Waals surface area contributed by atoms with E-state index in [-0.39, 0.29) is 11.3 Å². The summed E-state index contributed by atoms with van der Waals surface area (Å²) in [5, 5.41) is 8.18. The van der Waals surface area contributed by atoms with E-state index in [1.807, 2.05) is 10.9 Å². The van der Waals surface area contributed by atoms with E-state index in [0.717, 1.165) is 44.4 Å². The molecule has 1 amide bonds. The molecule has 2 aromatic rings. The summed E-state index contributed by atoms with van der Waals surface area (Å²) in [5.74, 6) is -0.138. The van der Waals surface area contributed by atoms with Gasteiger partial charge in [0, 0.05) is 31.2 Å². The summed E-state index contributed by atoms with van der Waals surface area (Å²) in [6.07, 6.45) is 5.19. The molecule has 136 valence electrons. The molecule has 7 nitrogen and oxygen atoms in total. The largest absolute Gasteiger partial charge is 0.379 e. The van der Waals surface area contributed by atoms with Crippen LogP contribution < -0.4 is 5.32 Å². The predicted molar refractivity (Wildman–Crippen MR) is 98.3 cm³/mol. The van der Waals surface area contributed by atoms with Crippen molar-refractivity contribution in [3.8, 4) is 0 Å². The maximum absolute atomic E-state index is 12.4. The molecular weight excluding hydrogens is 338 g/mol. The van der Waals surface area contributed by atoms with Gasteiger partial charge in [0.2, 0.25) is 0 Å². The minimum Gasteiger partial charge on any atom is -0.379 e. The molecule has 1 aliphatic rings. The standard InChI is InChI=1S/C17H25N5O2S/c1-17(2,3)16-18-11-14(25-16)15(23)20-13-10-19-22(12-13)5-4-21-6-8-24-9-7-21/h10-12H,4-9H2,1-3H3,(H,20,23). The molecule has 0 unspecified atom stereocenters. The highest BCUT2D eigenvalue weighted by molar-refractivity contribution is 7.13. The van der Waals surface area contributed by atoms with E-state index in [1.165, 1.54) is 11.3 Å². The number of nitrogens with one attached hydrogen (secondary N) is 1. The molecule has 0 spiro atoms. The Morgan fingerprint density at radius 2 is 2.04 bits per heavy atom. The summed E-state index contributed by atoms with van der Waals surface area (Å²) in [6, 6.07) is 0. The molecule has 1 N–H and O–H groups in total. The van der Waals surface area contributed by atoms with Crippen molar-refractivity contribution in [3.63, 3.8) is 0 Å². The van der Waals surface area contributed by atoms with Crippen LogP contribution in [-0.2, 0) is 16.7 Å². The highest BCUT2D eigenvalue weighted by atomic mass is 32.1. The minimum absolute atomic E-state index is 0.0480. The summed E-state index contributed by atoms with van der Waals surface area (Å²) < 4.78 is 7.21. The first kappa shape index (κ1) is 18.0. The summed E-state index contributed by atoms with van der Waals surface area (Å²) >= 11 is 1.43. The van der Waals surface area contributed by atoms with Crippen LogP contribution in [0.5, 0.6) is 0 Å². The number of carbonyl (C=O) groups excluding carboxylic acids is 1. The van der Waals surface area contributed by atoms with E-state index in [1.54, 1.807) is 12.4 Å². The van der Waals surface area contributed by atoms with Gasteiger partial charge in [0.25, 0.3) is 5.91 Å². The Bertz CT molecular complexity index is 713. The van der Waals surface area contributed by atoms with E-state index in [9.17, 15) is 4.79 Å². The third-order valence-electron chi connectivity index (χ3n) is 4.01. The Labute approximate surface area is 152 Å². The molecule has 0 aromatic carbocycles. The van der Waals surface area contributed by atoms with Crippen LogP contribution in [0, 0.1) is 0 Å². The number of rotatable bonds is 5. The van der Waals surface area contributed by atoms with Crippen LogP contribution in [-0.4, -0.2) is 58.4 Å². The Hall–Kier alpha value is -1.77. The van der Waals surface area contributed by atoms with Gasteiger partial charge in [-0.1, -0.05) is 20.8 Å². The number of hydrogen-bond acceptors (Lipinski definition) is 6. The van der Waals surface area contributed by atoms with E-state index in [4.69, 9.17) is 4.74 Å². The number of nitrogens with zero attached hydrogens (tertiary/aromatic N) is 4. The van der Waals surface area contributed by atoms with Crippen LogP contribution >= 0.6 is 11.3 Å². The Balaban J connectivity index is 1.53. The van der Waals surface area contributed by atoms with Gasteiger partial charge < -0.3 is 10.1 Å². The third-order valence-corrected chi connectivity index (χ3v) is 5.43. The van der Waals surface area contributed by atoms with Gasteiger partial charge in [-0.15, -0.1) is 11.3 Å². The topological polar surface area (TPSA) is 72.3 Å². The first-order valence-corrected chi connectivity index (χ1v) is 9.34. The van der Waals surface area contributed by atoms with Gasteiger partial charge in [-0.3, -0.25) is 14.4 Å². The third kappa shape index (κ3) is 4.87. The van der Waals surface area contributed by atoms with Crippen LogP contribution in [0.3, 0.4) is 0 Å². The zero-order chi connectivity index (χ0) is 17.9. The fourth-order valence-electron chi connectivity index (χ4n) is 2.54. The Kier molecular flexibility index (Phi) is 5.51. The molecule has 3 rings (SSSR count). The van der Waals surface area contributed by atoms with Crippen LogP contribution in [0.2, 0.25) is 0 Å². The second kappa shape index (κ2) is 7.63. The van der Waals surface area contributed by atoms with E-state index < -0.39 is 0 Å². The van der Waals surface area contributed by atoms with Gasteiger partial charge in [-0.25, -0.2) is 4.98 Å². The molecule has 0 radical (unpaired) electrons. The summed E-state index contributed by atoms with van der Waals surface area (Å²) in [6.45, 7) is 11.5. The van der Waals surface area contributed by atoms with E-state index in [2.05, 4.69) is 41.1 Å². The lowest BCUT2D eigenvalue weighted by Gasteiger charge is -2.26. The van der Waals surface area contributed by atoms with Gasteiger partial charge >= 0.3 is 0 Å². The number of ether oxygens (including phenoxy) is 1. The lowest BCUT2D eigenvalue weighted by atomic mass is 9.98. The van der Waals surface area contributed by atoms with Crippen molar-refractivity contribution in [2.75, 3.05) is 38.2 Å². The number of carbonyl (C=O) groups is 1. The van der Waals surface area contributed by atoms with Gasteiger partial charge in [-0.05, 0) is 0 Å². The van der Waals surface area contributed by atoms with Gasteiger partial charge in [0.05, 0.1) is 42.8 Å². The maximum atomic E-state index is 12.4. The fraction of sp³-hybridized carbons (Fsp3) is 0.588. The van der Waals surface area contributed by atoms with Gasteiger partial charge in [-0.2, -0.15) is 5.10 Å². The molecule has 1 saturated heterocycles. The summed E-state index contributed by atoms with van der Waals surface area (Å²) in [5.41, 5.74) is 0.658. The molecule has 1 aliphatic heterocycles. The molecule has 0 bridgehead atoms. The zero-order valence-electron chi connectivity index (χ0n) is 15.0. The molecule has 0 atom stereocenters. The van der Waals surface area contributed by atoms with Crippen molar-refractivity contribution >= 4 is 22.9 Å². The van der Waals surface area contributed by atoms with Crippen LogP contribution in [0.1, 0.15) is 35.5 Å². The minimum atomic E-state index is -0.138. The molecule has 1 fully saturated rings. The number of hydrogen-bond donors (Lipinski definition) is 1. The quantitative estimate of drug-likeness (QED) is 0.882.